The minimum absolute atomic E-state index is 0. The van der Waals surface area contributed by atoms with E-state index in [1.165, 1.54) is 18.9 Å². The van der Waals surface area contributed by atoms with Gasteiger partial charge in [0.2, 0.25) is 5.91 Å². The average Bonchev–Trinajstić information content (AvgIpc) is 3.50. The van der Waals surface area contributed by atoms with Gasteiger partial charge in [-0.15, -0.1) is 24.0 Å². The Morgan fingerprint density at radius 1 is 1.24 bits per heavy atom. The zero-order valence-corrected chi connectivity index (χ0v) is 22.0. The fourth-order valence-electron chi connectivity index (χ4n) is 5.37. The molecule has 2 heterocycles. The number of rotatable bonds is 6. The van der Waals surface area contributed by atoms with E-state index >= 15 is 0 Å². The molecule has 1 amide bonds. The third-order valence-electron chi connectivity index (χ3n) is 7.32. The molecule has 1 aromatic rings. The van der Waals surface area contributed by atoms with Crippen LogP contribution in [-0.2, 0) is 14.9 Å². The molecule has 1 unspecified atom stereocenters. The molecule has 184 valence electrons. The number of hydrogen-bond donors (Lipinski definition) is 2. The molecule has 3 aliphatic rings. The molecular formula is C25H38FIN4O2. The lowest BCUT2D eigenvalue weighted by molar-refractivity contribution is -0.134. The van der Waals surface area contributed by atoms with Crippen LogP contribution in [0.5, 0.6) is 0 Å². The Morgan fingerprint density at radius 3 is 2.70 bits per heavy atom. The molecule has 2 N–H and O–H groups in total. The average molecular weight is 573 g/mol. The van der Waals surface area contributed by atoms with Crippen molar-refractivity contribution in [1.29, 1.82) is 0 Å². The summed E-state index contributed by atoms with van der Waals surface area (Å²) in [6, 6.07) is 7.13. The lowest BCUT2D eigenvalue weighted by Crippen LogP contribution is -2.46. The summed E-state index contributed by atoms with van der Waals surface area (Å²) in [5, 5.41) is 6.91. The predicted octanol–water partition coefficient (Wildman–Crippen LogP) is 3.84. The fourth-order valence-corrected chi connectivity index (χ4v) is 5.37. The Morgan fingerprint density at radius 2 is 2.00 bits per heavy atom. The van der Waals surface area contributed by atoms with Crippen molar-refractivity contribution in [3.63, 3.8) is 0 Å². The molecule has 8 heteroatoms. The Labute approximate surface area is 214 Å². The highest BCUT2D eigenvalue weighted by Gasteiger charge is 2.35. The van der Waals surface area contributed by atoms with E-state index in [0.29, 0.717) is 25.7 Å². The van der Waals surface area contributed by atoms with E-state index in [1.54, 1.807) is 12.1 Å². The van der Waals surface area contributed by atoms with Crippen molar-refractivity contribution < 1.29 is 13.9 Å². The molecule has 6 nitrogen and oxygen atoms in total. The van der Waals surface area contributed by atoms with Crippen LogP contribution in [0.2, 0.25) is 0 Å². The first-order valence-electron chi connectivity index (χ1n) is 12.3. The summed E-state index contributed by atoms with van der Waals surface area (Å²) < 4.78 is 19.6. The first-order valence-corrected chi connectivity index (χ1v) is 12.3. The predicted molar refractivity (Wildman–Crippen MR) is 140 cm³/mol. The molecule has 1 aromatic carbocycles. The summed E-state index contributed by atoms with van der Waals surface area (Å²) in [6.07, 6.45) is 7.04. The Hall–Kier alpha value is -1.42. The number of carbonyl (C=O) groups excluding carboxylic acids is 1. The summed E-state index contributed by atoms with van der Waals surface area (Å²) in [5.41, 5.74) is 0.776. The maximum atomic E-state index is 14.0. The van der Waals surface area contributed by atoms with Gasteiger partial charge in [-0.25, -0.2) is 4.39 Å². The molecule has 0 radical (unpaired) electrons. The van der Waals surface area contributed by atoms with Crippen LogP contribution < -0.4 is 10.6 Å². The highest BCUT2D eigenvalue weighted by atomic mass is 127. The molecule has 1 aliphatic carbocycles. The second-order valence-electron chi connectivity index (χ2n) is 9.49. The quantitative estimate of drug-likeness (QED) is 0.309. The SMILES string of the molecule is CCNC(=NCC1(c2cccc(F)c2)CCOCC1)NC1CCN(C(=O)C2CCCC2)C1.I. The van der Waals surface area contributed by atoms with Gasteiger partial charge in [-0.2, -0.15) is 0 Å². The maximum absolute atomic E-state index is 14.0. The van der Waals surface area contributed by atoms with E-state index in [-0.39, 0.29) is 47.2 Å². The Kier molecular flexibility index (Phi) is 9.79. The molecule has 2 aliphatic heterocycles. The summed E-state index contributed by atoms with van der Waals surface area (Å²) in [4.78, 5) is 19.7. The van der Waals surface area contributed by atoms with Gasteiger partial charge < -0.3 is 20.3 Å². The van der Waals surface area contributed by atoms with Crippen molar-refractivity contribution in [2.75, 3.05) is 39.4 Å². The van der Waals surface area contributed by atoms with Crippen LogP contribution in [0.3, 0.4) is 0 Å². The number of hydrogen-bond acceptors (Lipinski definition) is 3. The van der Waals surface area contributed by atoms with Crippen LogP contribution in [0.25, 0.3) is 0 Å². The molecule has 0 bridgehead atoms. The molecule has 3 fully saturated rings. The van der Waals surface area contributed by atoms with Crippen LogP contribution in [0, 0.1) is 11.7 Å². The third-order valence-corrected chi connectivity index (χ3v) is 7.32. The number of halogens is 2. The van der Waals surface area contributed by atoms with Gasteiger partial charge in [0, 0.05) is 50.2 Å². The molecule has 1 saturated carbocycles. The van der Waals surface area contributed by atoms with E-state index in [0.717, 1.165) is 63.3 Å². The smallest absolute Gasteiger partial charge is 0.225 e. The van der Waals surface area contributed by atoms with Gasteiger partial charge in [-0.05, 0) is 56.7 Å². The number of amides is 1. The number of carbonyl (C=O) groups is 1. The normalized spacial score (nSPS) is 23.3. The van der Waals surface area contributed by atoms with Crippen LogP contribution in [-0.4, -0.2) is 62.2 Å². The van der Waals surface area contributed by atoms with Crippen molar-refractivity contribution in [2.45, 2.75) is 63.3 Å². The van der Waals surface area contributed by atoms with E-state index < -0.39 is 0 Å². The molecule has 0 spiro atoms. The number of nitrogens with one attached hydrogen (secondary N) is 2. The highest BCUT2D eigenvalue weighted by molar-refractivity contribution is 14.0. The Bertz CT molecular complexity index is 809. The maximum Gasteiger partial charge on any atom is 0.225 e. The molecule has 4 rings (SSSR count). The molecular weight excluding hydrogens is 534 g/mol. The van der Waals surface area contributed by atoms with Crippen molar-refractivity contribution in [3.05, 3.63) is 35.6 Å². The van der Waals surface area contributed by atoms with E-state index in [9.17, 15) is 9.18 Å². The van der Waals surface area contributed by atoms with E-state index in [2.05, 4.69) is 17.6 Å². The first-order chi connectivity index (χ1) is 15.6. The second kappa shape index (κ2) is 12.3. The summed E-state index contributed by atoms with van der Waals surface area (Å²) >= 11 is 0. The van der Waals surface area contributed by atoms with Gasteiger partial charge >= 0.3 is 0 Å². The van der Waals surface area contributed by atoms with Gasteiger partial charge in [-0.3, -0.25) is 9.79 Å². The largest absolute Gasteiger partial charge is 0.381 e. The molecule has 0 aromatic heterocycles. The topological polar surface area (TPSA) is 66.0 Å². The summed E-state index contributed by atoms with van der Waals surface area (Å²) in [6.45, 7) is 6.28. The minimum atomic E-state index is -0.219. The van der Waals surface area contributed by atoms with Gasteiger partial charge in [-0.1, -0.05) is 25.0 Å². The zero-order chi connectivity index (χ0) is 22.4. The Balaban J connectivity index is 0.00000306. The van der Waals surface area contributed by atoms with Gasteiger partial charge in [0.15, 0.2) is 5.96 Å². The van der Waals surface area contributed by atoms with E-state index in [4.69, 9.17) is 9.73 Å². The molecule has 1 atom stereocenters. The first kappa shape index (κ1) is 26.2. The third kappa shape index (κ3) is 6.59. The number of guanidine groups is 1. The fraction of sp³-hybridized carbons (Fsp3) is 0.680. The number of aliphatic imine (C=N–C) groups is 1. The lowest BCUT2D eigenvalue weighted by atomic mass is 9.74. The van der Waals surface area contributed by atoms with Crippen LogP contribution in [0.4, 0.5) is 4.39 Å². The second-order valence-corrected chi connectivity index (χ2v) is 9.49. The van der Waals surface area contributed by atoms with E-state index in [1.807, 2.05) is 11.0 Å². The van der Waals surface area contributed by atoms with Crippen LogP contribution in [0.1, 0.15) is 57.4 Å². The summed E-state index contributed by atoms with van der Waals surface area (Å²) in [5.74, 6) is 1.13. The zero-order valence-electron chi connectivity index (χ0n) is 19.7. The van der Waals surface area contributed by atoms with Crippen molar-refractivity contribution in [1.82, 2.24) is 15.5 Å². The van der Waals surface area contributed by atoms with Crippen molar-refractivity contribution >= 4 is 35.8 Å². The highest BCUT2D eigenvalue weighted by Crippen LogP contribution is 2.35. The van der Waals surface area contributed by atoms with Crippen molar-refractivity contribution in [2.24, 2.45) is 10.9 Å². The van der Waals surface area contributed by atoms with Crippen LogP contribution >= 0.6 is 24.0 Å². The van der Waals surface area contributed by atoms with Crippen LogP contribution in [0.15, 0.2) is 29.3 Å². The number of nitrogens with zero attached hydrogens (tertiary/aromatic N) is 2. The number of benzene rings is 1. The van der Waals surface area contributed by atoms with Gasteiger partial charge in [0.05, 0.1) is 6.54 Å². The van der Waals surface area contributed by atoms with Gasteiger partial charge in [0.1, 0.15) is 5.82 Å². The number of likely N-dealkylation sites (tertiary alicyclic amines) is 1. The standard InChI is InChI=1S/C25H37FN4O2.HI/c1-2-27-24(29-22-10-13-30(17-22)23(31)19-6-3-4-7-19)28-18-25(11-14-32-15-12-25)20-8-5-9-21(26)16-20;/h5,8-9,16,19,22H,2-4,6-7,10-15,17-18H2,1H3,(H2,27,28,29);1H. The minimum Gasteiger partial charge on any atom is -0.381 e. The summed E-state index contributed by atoms with van der Waals surface area (Å²) in [7, 11) is 0. The van der Waals surface area contributed by atoms with Crippen molar-refractivity contribution in [3.8, 4) is 0 Å². The monoisotopic (exact) mass is 572 g/mol. The number of ether oxygens (including phenoxy) is 1. The molecule has 33 heavy (non-hydrogen) atoms. The lowest BCUT2D eigenvalue weighted by Gasteiger charge is -2.36. The molecule has 2 saturated heterocycles. The van der Waals surface area contributed by atoms with Gasteiger partial charge in [0.25, 0.3) is 0 Å².